The quantitative estimate of drug-likeness (QED) is 0.469. The Balaban J connectivity index is 1.71. The van der Waals surface area contributed by atoms with Crippen molar-refractivity contribution in [2.75, 3.05) is 12.4 Å². The van der Waals surface area contributed by atoms with Gasteiger partial charge in [-0.25, -0.2) is 9.18 Å². The topological polar surface area (TPSA) is 82.3 Å². The number of aromatic nitrogens is 2. The normalized spacial score (nSPS) is 10.9. The van der Waals surface area contributed by atoms with Crippen LogP contribution in [0.2, 0.25) is 5.02 Å². The predicted octanol–water partition coefficient (Wildman–Crippen LogP) is 3.65. The lowest BCUT2D eigenvalue weighted by molar-refractivity contribution is -0.116. The van der Waals surface area contributed by atoms with Crippen molar-refractivity contribution >= 4 is 34.1 Å². The Morgan fingerprint density at radius 3 is 2.45 bits per heavy atom. The number of hydrogen-bond donors (Lipinski definition) is 1. The van der Waals surface area contributed by atoms with Crippen LogP contribution in [0, 0.1) is 5.82 Å². The second kappa shape index (κ2) is 9.30. The molecule has 0 unspecified atom stereocenters. The Labute approximate surface area is 192 Å². The van der Waals surface area contributed by atoms with E-state index in [9.17, 15) is 18.8 Å². The molecule has 1 amide bonds. The van der Waals surface area contributed by atoms with Crippen molar-refractivity contribution in [1.82, 2.24) is 9.13 Å². The summed E-state index contributed by atoms with van der Waals surface area (Å²) in [5.74, 6) is -1.14. The molecule has 0 spiro atoms. The van der Waals surface area contributed by atoms with Gasteiger partial charge < -0.3 is 10.1 Å². The van der Waals surface area contributed by atoms with Crippen LogP contribution in [0.5, 0.6) is 5.75 Å². The molecule has 4 rings (SSSR count). The van der Waals surface area contributed by atoms with E-state index in [1.54, 1.807) is 48.5 Å². The fourth-order valence-electron chi connectivity index (χ4n) is 3.52. The molecule has 9 heteroatoms. The molecule has 0 aliphatic heterocycles. The van der Waals surface area contributed by atoms with Gasteiger partial charge in [0.1, 0.15) is 6.54 Å². The first-order valence-electron chi connectivity index (χ1n) is 9.97. The van der Waals surface area contributed by atoms with Gasteiger partial charge in [-0.2, -0.15) is 0 Å². The van der Waals surface area contributed by atoms with Crippen molar-refractivity contribution in [3.8, 4) is 5.75 Å². The van der Waals surface area contributed by atoms with Gasteiger partial charge in [-0.05, 0) is 42.0 Å². The van der Waals surface area contributed by atoms with Crippen LogP contribution >= 0.6 is 11.6 Å². The minimum Gasteiger partial charge on any atom is -0.494 e. The maximum atomic E-state index is 14.0. The smallest absolute Gasteiger partial charge is 0.332 e. The third-order valence-electron chi connectivity index (χ3n) is 5.12. The molecular formula is C24H19ClFN3O4. The van der Waals surface area contributed by atoms with E-state index in [1.165, 1.54) is 23.8 Å². The maximum absolute atomic E-state index is 14.0. The molecular weight excluding hydrogens is 449 g/mol. The first-order valence-corrected chi connectivity index (χ1v) is 10.4. The van der Waals surface area contributed by atoms with Gasteiger partial charge in [0.05, 0.1) is 24.6 Å². The number of anilines is 1. The number of rotatable bonds is 6. The molecule has 0 aliphatic rings. The van der Waals surface area contributed by atoms with Crippen LogP contribution < -0.4 is 21.3 Å². The molecule has 4 aromatic rings. The van der Waals surface area contributed by atoms with Crippen LogP contribution in [0.4, 0.5) is 10.1 Å². The Hall–Kier alpha value is -3.91. The highest BCUT2D eigenvalue weighted by Gasteiger charge is 2.16. The molecule has 0 fully saturated rings. The molecule has 1 heterocycles. The number of para-hydroxylation sites is 1. The molecule has 0 bridgehead atoms. The van der Waals surface area contributed by atoms with Crippen LogP contribution in [-0.4, -0.2) is 22.2 Å². The van der Waals surface area contributed by atoms with E-state index < -0.39 is 23.0 Å². The van der Waals surface area contributed by atoms with E-state index in [-0.39, 0.29) is 24.5 Å². The zero-order valence-corrected chi connectivity index (χ0v) is 18.3. The molecule has 1 aromatic heterocycles. The number of carbonyl (C=O) groups is 1. The number of carbonyl (C=O) groups excluding carboxylic acids is 1. The monoisotopic (exact) mass is 467 g/mol. The zero-order chi connectivity index (χ0) is 23.5. The fourth-order valence-corrected chi connectivity index (χ4v) is 3.65. The van der Waals surface area contributed by atoms with Gasteiger partial charge in [0.2, 0.25) is 5.91 Å². The molecule has 0 radical (unpaired) electrons. The third-order valence-corrected chi connectivity index (χ3v) is 5.38. The van der Waals surface area contributed by atoms with E-state index in [4.69, 9.17) is 16.3 Å². The molecule has 0 aliphatic carbocycles. The summed E-state index contributed by atoms with van der Waals surface area (Å²) in [6.07, 6.45) is 0. The lowest BCUT2D eigenvalue weighted by Gasteiger charge is -2.14. The van der Waals surface area contributed by atoms with E-state index in [0.717, 1.165) is 10.6 Å². The zero-order valence-electron chi connectivity index (χ0n) is 17.5. The second-order valence-corrected chi connectivity index (χ2v) is 7.74. The Morgan fingerprint density at radius 1 is 1.03 bits per heavy atom. The molecule has 0 saturated heterocycles. The van der Waals surface area contributed by atoms with Crippen LogP contribution in [0.3, 0.4) is 0 Å². The number of amides is 1. The number of nitrogens with zero attached hydrogens (tertiary/aromatic N) is 2. The lowest BCUT2D eigenvalue weighted by Crippen LogP contribution is -2.42. The predicted molar refractivity (Wildman–Crippen MR) is 125 cm³/mol. The summed E-state index contributed by atoms with van der Waals surface area (Å²) < 4.78 is 21.1. The molecule has 33 heavy (non-hydrogen) atoms. The maximum Gasteiger partial charge on any atom is 0.332 e. The number of hydrogen-bond acceptors (Lipinski definition) is 4. The number of methoxy groups -OCH3 is 1. The summed E-state index contributed by atoms with van der Waals surface area (Å²) in [7, 11) is 1.34. The minimum absolute atomic E-state index is 0.0188. The average Bonchev–Trinajstić information content (AvgIpc) is 2.81. The first-order chi connectivity index (χ1) is 15.9. The number of ether oxygens (including phenoxy) is 1. The summed E-state index contributed by atoms with van der Waals surface area (Å²) in [4.78, 5) is 39.0. The SMILES string of the molecule is COc1ccc(NC(=O)Cn2c(=O)n(Cc3ccc(Cl)cc3)c(=O)c3ccccc32)cc1F. The van der Waals surface area contributed by atoms with Gasteiger partial charge in [0, 0.05) is 16.8 Å². The molecule has 168 valence electrons. The highest BCUT2D eigenvalue weighted by atomic mass is 35.5. The summed E-state index contributed by atoms with van der Waals surface area (Å²) in [6.45, 7) is -0.348. The van der Waals surface area contributed by atoms with E-state index >= 15 is 0 Å². The van der Waals surface area contributed by atoms with Crippen molar-refractivity contribution in [2.45, 2.75) is 13.1 Å². The molecule has 1 N–H and O–H groups in total. The average molecular weight is 468 g/mol. The van der Waals surface area contributed by atoms with E-state index in [0.29, 0.717) is 21.5 Å². The van der Waals surface area contributed by atoms with Gasteiger partial charge in [-0.3, -0.25) is 18.7 Å². The van der Waals surface area contributed by atoms with Crippen molar-refractivity contribution < 1.29 is 13.9 Å². The molecule has 0 atom stereocenters. The lowest BCUT2D eigenvalue weighted by atomic mass is 10.2. The second-order valence-electron chi connectivity index (χ2n) is 7.30. The first kappa shape index (κ1) is 22.3. The van der Waals surface area contributed by atoms with Crippen LogP contribution in [0.25, 0.3) is 10.9 Å². The summed E-state index contributed by atoms with van der Waals surface area (Å²) >= 11 is 5.92. The third kappa shape index (κ3) is 4.65. The van der Waals surface area contributed by atoms with Gasteiger partial charge in [-0.1, -0.05) is 35.9 Å². The van der Waals surface area contributed by atoms with Crippen LogP contribution in [-0.2, 0) is 17.9 Å². The highest BCUT2D eigenvalue weighted by molar-refractivity contribution is 6.30. The standard InChI is InChI=1S/C24H19ClFN3O4/c1-33-21-11-10-17(12-19(21)26)27-22(30)14-28-20-5-3-2-4-18(20)23(31)29(24(28)32)13-15-6-8-16(25)9-7-15/h2-12H,13-14H2,1H3,(H,27,30). The Kier molecular flexibility index (Phi) is 6.28. The number of fused-ring (bicyclic) bond motifs is 1. The molecule has 7 nitrogen and oxygen atoms in total. The largest absolute Gasteiger partial charge is 0.494 e. The van der Waals surface area contributed by atoms with Crippen LogP contribution in [0.15, 0.2) is 76.3 Å². The molecule has 3 aromatic carbocycles. The number of nitrogens with one attached hydrogen (secondary N) is 1. The van der Waals surface area contributed by atoms with E-state index in [1.807, 2.05) is 0 Å². The van der Waals surface area contributed by atoms with Crippen molar-refractivity contribution in [3.05, 3.63) is 104 Å². The molecule has 0 saturated carbocycles. The van der Waals surface area contributed by atoms with Crippen molar-refractivity contribution in [1.29, 1.82) is 0 Å². The van der Waals surface area contributed by atoms with Crippen molar-refractivity contribution in [3.63, 3.8) is 0 Å². The van der Waals surface area contributed by atoms with Crippen molar-refractivity contribution in [2.24, 2.45) is 0 Å². The number of benzene rings is 3. The Morgan fingerprint density at radius 2 is 1.76 bits per heavy atom. The summed E-state index contributed by atoms with van der Waals surface area (Å²) in [6, 6.07) is 17.3. The Bertz CT molecular complexity index is 1460. The highest BCUT2D eigenvalue weighted by Crippen LogP contribution is 2.20. The van der Waals surface area contributed by atoms with Gasteiger partial charge in [0.15, 0.2) is 11.6 Å². The van der Waals surface area contributed by atoms with Gasteiger partial charge in [0.25, 0.3) is 5.56 Å². The fraction of sp³-hybridized carbons (Fsp3) is 0.125. The van der Waals surface area contributed by atoms with Gasteiger partial charge in [-0.15, -0.1) is 0 Å². The summed E-state index contributed by atoms with van der Waals surface area (Å²) in [5, 5.41) is 3.40. The number of halogens is 2. The van der Waals surface area contributed by atoms with E-state index in [2.05, 4.69) is 5.32 Å². The minimum atomic E-state index is -0.635. The summed E-state index contributed by atoms with van der Waals surface area (Å²) in [5.41, 5.74) is 0.156. The van der Waals surface area contributed by atoms with Crippen LogP contribution in [0.1, 0.15) is 5.56 Å². The van der Waals surface area contributed by atoms with Gasteiger partial charge >= 0.3 is 5.69 Å².